The lowest BCUT2D eigenvalue weighted by molar-refractivity contribution is -0.137. The van der Waals surface area contributed by atoms with Crippen LogP contribution in [-0.4, -0.2) is 60.6 Å². The summed E-state index contributed by atoms with van der Waals surface area (Å²) in [7, 11) is 0. The molecule has 0 saturated carbocycles. The average molecular weight is 371 g/mol. The molecule has 1 aliphatic rings. The molecule has 7 heteroatoms. The summed E-state index contributed by atoms with van der Waals surface area (Å²) in [5.41, 5.74) is 2.10. The SMILES string of the molecule is Cc1ccc(/C=N\OCC(=O)N2CCN(C(=O)c3cccs3)CC2)cc1. The molecule has 26 heavy (non-hydrogen) atoms. The Kier molecular flexibility index (Phi) is 6.01. The number of benzene rings is 1. The molecule has 0 radical (unpaired) electrons. The van der Waals surface area contributed by atoms with Crippen LogP contribution in [0.15, 0.2) is 46.9 Å². The molecule has 0 spiro atoms. The Morgan fingerprint density at radius 1 is 1.12 bits per heavy atom. The van der Waals surface area contributed by atoms with E-state index in [-0.39, 0.29) is 18.4 Å². The molecule has 1 aromatic carbocycles. The number of rotatable bonds is 5. The predicted octanol–water partition coefficient (Wildman–Crippen LogP) is 2.39. The minimum absolute atomic E-state index is 0.0334. The molecule has 2 heterocycles. The van der Waals surface area contributed by atoms with Gasteiger partial charge in [0.05, 0.1) is 11.1 Å². The van der Waals surface area contributed by atoms with Crippen molar-refractivity contribution in [1.29, 1.82) is 0 Å². The highest BCUT2D eigenvalue weighted by Gasteiger charge is 2.25. The molecular formula is C19H21N3O3S. The maximum atomic E-state index is 12.3. The third kappa shape index (κ3) is 4.70. The molecule has 0 aliphatic carbocycles. The summed E-state index contributed by atoms with van der Waals surface area (Å²) in [5, 5.41) is 5.74. The van der Waals surface area contributed by atoms with Crippen LogP contribution in [0.5, 0.6) is 0 Å². The summed E-state index contributed by atoms with van der Waals surface area (Å²) in [4.78, 5) is 33.8. The molecule has 0 atom stereocenters. The molecule has 136 valence electrons. The minimum atomic E-state index is -0.116. The smallest absolute Gasteiger partial charge is 0.264 e. The number of hydrogen-bond donors (Lipinski definition) is 0. The van der Waals surface area contributed by atoms with Gasteiger partial charge in [-0.2, -0.15) is 0 Å². The third-order valence-electron chi connectivity index (χ3n) is 4.19. The van der Waals surface area contributed by atoms with E-state index in [2.05, 4.69) is 5.16 Å². The Morgan fingerprint density at radius 3 is 2.46 bits per heavy atom. The molecule has 6 nitrogen and oxygen atoms in total. The second-order valence-corrected chi connectivity index (χ2v) is 7.02. The maximum absolute atomic E-state index is 12.3. The monoisotopic (exact) mass is 371 g/mol. The summed E-state index contributed by atoms with van der Waals surface area (Å²) in [5.74, 6) is -0.0830. The first-order chi connectivity index (χ1) is 12.6. The molecular weight excluding hydrogens is 350 g/mol. The number of oxime groups is 1. The molecule has 0 unspecified atom stereocenters. The molecule has 0 bridgehead atoms. The van der Waals surface area contributed by atoms with E-state index in [1.807, 2.05) is 48.7 Å². The number of carbonyl (C=O) groups is 2. The largest absolute Gasteiger partial charge is 0.386 e. The molecule has 1 fully saturated rings. The number of aryl methyl sites for hydroxylation is 1. The van der Waals surface area contributed by atoms with Crippen LogP contribution in [0.2, 0.25) is 0 Å². The van der Waals surface area contributed by atoms with E-state index in [1.54, 1.807) is 16.0 Å². The molecule has 1 saturated heterocycles. The highest BCUT2D eigenvalue weighted by Crippen LogP contribution is 2.14. The first-order valence-electron chi connectivity index (χ1n) is 8.46. The van der Waals surface area contributed by atoms with Crippen LogP contribution >= 0.6 is 11.3 Å². The Balaban J connectivity index is 1.41. The van der Waals surface area contributed by atoms with E-state index in [4.69, 9.17) is 4.84 Å². The van der Waals surface area contributed by atoms with Gasteiger partial charge in [0.15, 0.2) is 6.61 Å². The fourth-order valence-electron chi connectivity index (χ4n) is 2.65. The van der Waals surface area contributed by atoms with Crippen molar-refractivity contribution in [3.8, 4) is 0 Å². The van der Waals surface area contributed by atoms with Crippen LogP contribution in [-0.2, 0) is 9.63 Å². The van der Waals surface area contributed by atoms with E-state index in [0.29, 0.717) is 26.2 Å². The van der Waals surface area contributed by atoms with Gasteiger partial charge < -0.3 is 14.6 Å². The normalized spacial score (nSPS) is 14.7. The standard InChI is InChI=1S/C19H21N3O3S/c1-15-4-6-16(7-5-15)13-20-25-14-18(23)21-8-10-22(11-9-21)19(24)17-3-2-12-26-17/h2-7,12-13H,8-11,14H2,1H3/b20-13-. The molecule has 1 aromatic heterocycles. The van der Waals surface area contributed by atoms with Crippen LogP contribution in [0.4, 0.5) is 0 Å². The lowest BCUT2D eigenvalue weighted by Crippen LogP contribution is -2.51. The fraction of sp³-hybridized carbons (Fsp3) is 0.316. The quantitative estimate of drug-likeness (QED) is 0.599. The van der Waals surface area contributed by atoms with Crippen molar-refractivity contribution < 1.29 is 14.4 Å². The van der Waals surface area contributed by atoms with Gasteiger partial charge in [-0.3, -0.25) is 9.59 Å². The first kappa shape index (κ1) is 18.1. The zero-order valence-corrected chi connectivity index (χ0v) is 15.4. The minimum Gasteiger partial charge on any atom is -0.386 e. The first-order valence-corrected chi connectivity index (χ1v) is 9.34. The van der Waals surface area contributed by atoms with E-state index < -0.39 is 0 Å². The Bertz CT molecular complexity index is 764. The number of carbonyl (C=O) groups excluding carboxylic acids is 2. The number of thiophene rings is 1. The predicted molar refractivity (Wildman–Crippen MR) is 102 cm³/mol. The van der Waals surface area contributed by atoms with Gasteiger partial charge in [-0.1, -0.05) is 41.1 Å². The topological polar surface area (TPSA) is 62.2 Å². The molecule has 3 rings (SSSR count). The van der Waals surface area contributed by atoms with Crippen LogP contribution in [0.3, 0.4) is 0 Å². The van der Waals surface area contributed by atoms with E-state index in [9.17, 15) is 9.59 Å². The summed E-state index contributed by atoms with van der Waals surface area (Å²) in [6, 6.07) is 11.5. The highest BCUT2D eigenvalue weighted by molar-refractivity contribution is 7.12. The van der Waals surface area contributed by atoms with E-state index in [0.717, 1.165) is 10.4 Å². The summed E-state index contributed by atoms with van der Waals surface area (Å²) < 4.78 is 0. The van der Waals surface area contributed by atoms with Crippen molar-refractivity contribution in [2.75, 3.05) is 32.8 Å². The van der Waals surface area contributed by atoms with Gasteiger partial charge in [0.2, 0.25) is 0 Å². The van der Waals surface area contributed by atoms with Gasteiger partial charge in [-0.05, 0) is 23.9 Å². The van der Waals surface area contributed by atoms with Gasteiger partial charge in [0.25, 0.3) is 11.8 Å². The van der Waals surface area contributed by atoms with Crippen LogP contribution in [0.25, 0.3) is 0 Å². The van der Waals surface area contributed by atoms with Crippen molar-refractivity contribution in [3.05, 3.63) is 57.8 Å². The number of nitrogens with zero attached hydrogens (tertiary/aromatic N) is 3. The Hall–Kier alpha value is -2.67. The van der Waals surface area contributed by atoms with Gasteiger partial charge in [-0.25, -0.2) is 0 Å². The van der Waals surface area contributed by atoms with Crippen LogP contribution in [0.1, 0.15) is 20.8 Å². The van der Waals surface area contributed by atoms with Crippen molar-refractivity contribution in [1.82, 2.24) is 9.80 Å². The lowest BCUT2D eigenvalue weighted by atomic mass is 10.2. The summed E-state index contributed by atoms with van der Waals surface area (Å²) in [6.45, 7) is 4.03. The van der Waals surface area contributed by atoms with Crippen molar-refractivity contribution in [3.63, 3.8) is 0 Å². The van der Waals surface area contributed by atoms with Gasteiger partial charge >= 0.3 is 0 Å². The number of piperazine rings is 1. The van der Waals surface area contributed by atoms with Gasteiger partial charge in [-0.15, -0.1) is 11.3 Å². The molecule has 1 aliphatic heterocycles. The lowest BCUT2D eigenvalue weighted by Gasteiger charge is -2.34. The van der Waals surface area contributed by atoms with Crippen molar-refractivity contribution in [2.24, 2.45) is 5.16 Å². The highest BCUT2D eigenvalue weighted by atomic mass is 32.1. The Labute approximate surface area is 156 Å². The second-order valence-electron chi connectivity index (χ2n) is 6.07. The average Bonchev–Trinajstić information content (AvgIpc) is 3.21. The van der Waals surface area contributed by atoms with E-state index in [1.165, 1.54) is 16.9 Å². The molecule has 2 aromatic rings. The number of hydrogen-bond acceptors (Lipinski definition) is 5. The van der Waals surface area contributed by atoms with Gasteiger partial charge in [0.1, 0.15) is 0 Å². The van der Waals surface area contributed by atoms with E-state index >= 15 is 0 Å². The summed E-state index contributed by atoms with van der Waals surface area (Å²) >= 11 is 1.44. The van der Waals surface area contributed by atoms with Crippen LogP contribution in [0, 0.1) is 6.92 Å². The van der Waals surface area contributed by atoms with Crippen molar-refractivity contribution in [2.45, 2.75) is 6.92 Å². The third-order valence-corrected chi connectivity index (χ3v) is 5.05. The summed E-state index contributed by atoms with van der Waals surface area (Å²) in [6.07, 6.45) is 1.59. The molecule has 2 amide bonds. The fourth-order valence-corrected chi connectivity index (χ4v) is 3.34. The maximum Gasteiger partial charge on any atom is 0.264 e. The zero-order chi connectivity index (χ0) is 18.4. The zero-order valence-electron chi connectivity index (χ0n) is 14.6. The van der Waals surface area contributed by atoms with Crippen molar-refractivity contribution >= 4 is 29.4 Å². The van der Waals surface area contributed by atoms with Gasteiger partial charge in [0, 0.05) is 26.2 Å². The van der Waals surface area contributed by atoms with Crippen LogP contribution < -0.4 is 0 Å². The Morgan fingerprint density at radius 2 is 1.81 bits per heavy atom. The number of amides is 2. The second kappa shape index (κ2) is 8.62. The molecule has 0 N–H and O–H groups in total.